The molecule has 0 saturated heterocycles. The van der Waals surface area contributed by atoms with Crippen molar-refractivity contribution in [2.75, 3.05) is 19.0 Å². The van der Waals surface area contributed by atoms with E-state index in [2.05, 4.69) is 15.3 Å². The number of nitrogens with zero attached hydrogens (tertiary/aromatic N) is 1. The molecule has 1 amide bonds. The van der Waals surface area contributed by atoms with Crippen molar-refractivity contribution >= 4 is 35.1 Å². The molecule has 4 rings (SSSR count). The van der Waals surface area contributed by atoms with Gasteiger partial charge >= 0.3 is 0 Å². The van der Waals surface area contributed by atoms with Gasteiger partial charge in [-0.3, -0.25) is 9.59 Å². The maximum atomic E-state index is 13.1. The number of rotatable bonds is 7. The number of halogens is 1. The van der Waals surface area contributed by atoms with Crippen LogP contribution >= 0.6 is 23.4 Å². The molecule has 0 aliphatic carbocycles. The van der Waals surface area contributed by atoms with Crippen LogP contribution in [0.3, 0.4) is 0 Å². The van der Waals surface area contributed by atoms with Crippen molar-refractivity contribution < 1.29 is 14.3 Å². The van der Waals surface area contributed by atoms with Gasteiger partial charge < -0.3 is 19.8 Å². The lowest BCUT2D eigenvalue weighted by atomic mass is 9.86. The van der Waals surface area contributed by atoms with Crippen LogP contribution in [0.1, 0.15) is 36.0 Å². The number of aromatic amines is 1. The second-order valence-electron chi connectivity index (χ2n) is 7.13. The number of para-hydroxylation sites is 1. The first kappa shape index (κ1) is 22.2. The molecule has 166 valence electrons. The number of thioether (sulfide) groups is 1. The second-order valence-corrected chi connectivity index (χ2v) is 8.50. The number of ether oxygens (including phenoxy) is 2. The molecule has 0 radical (unpaired) electrons. The number of carbonyl (C=O) groups is 1. The summed E-state index contributed by atoms with van der Waals surface area (Å²) >= 11 is 7.57. The van der Waals surface area contributed by atoms with Crippen LogP contribution in [0.15, 0.2) is 52.4 Å². The Labute approximate surface area is 194 Å². The van der Waals surface area contributed by atoms with Crippen LogP contribution in [0.25, 0.3) is 0 Å². The van der Waals surface area contributed by atoms with E-state index >= 15 is 0 Å². The van der Waals surface area contributed by atoms with Gasteiger partial charge in [0.1, 0.15) is 5.82 Å². The number of H-pyrrole nitrogens is 1. The number of fused-ring (bicyclic) bond motifs is 1. The van der Waals surface area contributed by atoms with Crippen LogP contribution in [0.5, 0.6) is 11.5 Å². The van der Waals surface area contributed by atoms with Crippen LogP contribution in [0.2, 0.25) is 5.02 Å². The molecule has 2 N–H and O–H groups in total. The predicted octanol–water partition coefficient (Wildman–Crippen LogP) is 4.60. The molecule has 2 heterocycles. The van der Waals surface area contributed by atoms with Crippen molar-refractivity contribution in [1.29, 1.82) is 0 Å². The fourth-order valence-corrected chi connectivity index (χ4v) is 4.86. The molecule has 1 aliphatic rings. The highest BCUT2D eigenvalue weighted by Crippen LogP contribution is 2.42. The predicted molar refractivity (Wildman–Crippen MR) is 125 cm³/mol. The van der Waals surface area contributed by atoms with Crippen LogP contribution in [0.4, 0.5) is 5.82 Å². The quantitative estimate of drug-likeness (QED) is 0.386. The maximum Gasteiger partial charge on any atom is 0.257 e. The van der Waals surface area contributed by atoms with Crippen molar-refractivity contribution in [2.24, 2.45) is 0 Å². The Bertz CT molecular complexity index is 1210. The Morgan fingerprint density at radius 2 is 2.00 bits per heavy atom. The highest BCUT2D eigenvalue weighted by molar-refractivity contribution is 7.98. The second kappa shape index (κ2) is 9.67. The number of benzene rings is 2. The molecular weight excluding hydrogens is 450 g/mol. The first-order chi connectivity index (χ1) is 15.5. The summed E-state index contributed by atoms with van der Waals surface area (Å²) in [4.78, 5) is 33.0. The minimum absolute atomic E-state index is 0.108. The number of aromatic nitrogens is 2. The number of anilines is 1. The monoisotopic (exact) mass is 471 g/mol. The molecule has 0 spiro atoms. The van der Waals surface area contributed by atoms with Crippen molar-refractivity contribution in [3.63, 3.8) is 0 Å². The Morgan fingerprint density at radius 3 is 2.75 bits per heavy atom. The van der Waals surface area contributed by atoms with E-state index in [0.29, 0.717) is 45.2 Å². The molecule has 1 atom stereocenters. The first-order valence-corrected chi connectivity index (χ1v) is 11.5. The molecule has 0 saturated carbocycles. The van der Waals surface area contributed by atoms with E-state index in [-0.39, 0.29) is 23.7 Å². The zero-order valence-electron chi connectivity index (χ0n) is 17.6. The largest absolute Gasteiger partial charge is 0.493 e. The molecular formula is C23H22ClN3O4S. The standard InChI is InChI=1S/C23H22ClN3O4S/c1-3-31-20-14(8-6-10-17(20)30-2)15-11-18(28)25-21-19(15)22(29)27-23(26-21)32-12-13-7-4-5-9-16(13)24/h4-10,15H,3,11-12H2,1-2H3,(H2,25,26,27,28,29)/t15-/m0/s1. The van der Waals surface area contributed by atoms with Gasteiger partial charge in [-0.1, -0.05) is 53.7 Å². The third-order valence-electron chi connectivity index (χ3n) is 5.14. The third-order valence-corrected chi connectivity index (χ3v) is 6.44. The Hall–Kier alpha value is -2.97. The number of nitrogens with one attached hydrogen (secondary N) is 2. The Balaban J connectivity index is 1.72. The smallest absolute Gasteiger partial charge is 0.257 e. The SMILES string of the molecule is CCOc1c(OC)cccc1[C@@H]1CC(=O)Nc2nc(SCc3ccccc3Cl)[nH]c(=O)c21. The van der Waals surface area contributed by atoms with Crippen molar-refractivity contribution in [3.05, 3.63) is 74.5 Å². The zero-order chi connectivity index (χ0) is 22.7. The maximum absolute atomic E-state index is 13.1. The summed E-state index contributed by atoms with van der Waals surface area (Å²) in [5.74, 6) is 1.15. The van der Waals surface area contributed by atoms with Gasteiger partial charge in [-0.25, -0.2) is 4.98 Å². The van der Waals surface area contributed by atoms with E-state index in [0.717, 1.165) is 5.56 Å². The molecule has 0 unspecified atom stereocenters. The third kappa shape index (κ3) is 4.47. The average molecular weight is 472 g/mol. The Kier molecular flexibility index (Phi) is 6.72. The molecule has 1 aliphatic heterocycles. The van der Waals surface area contributed by atoms with E-state index in [1.54, 1.807) is 13.2 Å². The molecule has 0 fully saturated rings. The van der Waals surface area contributed by atoms with Gasteiger partial charge in [0.25, 0.3) is 5.56 Å². The number of hydrogen-bond donors (Lipinski definition) is 2. The first-order valence-electron chi connectivity index (χ1n) is 10.1. The highest BCUT2D eigenvalue weighted by atomic mass is 35.5. The molecule has 0 bridgehead atoms. The van der Waals surface area contributed by atoms with Gasteiger partial charge in [-0.05, 0) is 24.6 Å². The normalized spacial score (nSPS) is 15.1. The summed E-state index contributed by atoms with van der Waals surface area (Å²) in [6.45, 7) is 2.29. The van der Waals surface area contributed by atoms with Crippen LogP contribution < -0.4 is 20.3 Å². The van der Waals surface area contributed by atoms with Crippen molar-refractivity contribution in [2.45, 2.75) is 30.2 Å². The zero-order valence-corrected chi connectivity index (χ0v) is 19.2. The lowest BCUT2D eigenvalue weighted by Crippen LogP contribution is -2.31. The lowest BCUT2D eigenvalue weighted by Gasteiger charge is -2.26. The fraction of sp³-hybridized carbons (Fsp3) is 0.261. The van der Waals surface area contributed by atoms with Crippen molar-refractivity contribution in [1.82, 2.24) is 9.97 Å². The summed E-state index contributed by atoms with van der Waals surface area (Å²) < 4.78 is 11.3. The van der Waals surface area contributed by atoms with Crippen LogP contribution in [-0.2, 0) is 10.5 Å². The van der Waals surface area contributed by atoms with Gasteiger partial charge in [0, 0.05) is 28.7 Å². The summed E-state index contributed by atoms with van der Waals surface area (Å²) in [6.07, 6.45) is 0.108. The molecule has 1 aromatic heterocycles. The number of methoxy groups -OCH3 is 1. The van der Waals surface area contributed by atoms with E-state index in [9.17, 15) is 9.59 Å². The van der Waals surface area contributed by atoms with Crippen LogP contribution in [0, 0.1) is 0 Å². The van der Waals surface area contributed by atoms with E-state index < -0.39 is 5.92 Å². The van der Waals surface area contributed by atoms with Gasteiger partial charge in [0.2, 0.25) is 5.91 Å². The summed E-state index contributed by atoms with van der Waals surface area (Å²) in [5.41, 5.74) is 1.75. The minimum atomic E-state index is -0.505. The molecule has 2 aromatic carbocycles. The Morgan fingerprint density at radius 1 is 1.19 bits per heavy atom. The lowest BCUT2D eigenvalue weighted by molar-refractivity contribution is -0.116. The van der Waals surface area contributed by atoms with Crippen molar-refractivity contribution in [3.8, 4) is 11.5 Å². The molecule has 32 heavy (non-hydrogen) atoms. The van der Waals surface area contributed by atoms with E-state index in [1.807, 2.05) is 43.3 Å². The molecule has 3 aromatic rings. The van der Waals surface area contributed by atoms with E-state index in [1.165, 1.54) is 11.8 Å². The summed E-state index contributed by atoms with van der Waals surface area (Å²) in [6, 6.07) is 12.9. The highest BCUT2D eigenvalue weighted by Gasteiger charge is 2.33. The molecule has 7 nitrogen and oxygen atoms in total. The fourth-order valence-electron chi connectivity index (χ4n) is 3.71. The summed E-state index contributed by atoms with van der Waals surface area (Å²) in [5, 5.41) is 3.80. The molecule has 9 heteroatoms. The minimum Gasteiger partial charge on any atom is -0.493 e. The van der Waals surface area contributed by atoms with Gasteiger partial charge in [0.05, 0.1) is 19.3 Å². The summed E-state index contributed by atoms with van der Waals surface area (Å²) in [7, 11) is 1.56. The van der Waals surface area contributed by atoms with Crippen LogP contribution in [-0.4, -0.2) is 29.6 Å². The number of hydrogen-bond acceptors (Lipinski definition) is 6. The van der Waals surface area contributed by atoms with E-state index in [4.69, 9.17) is 21.1 Å². The van der Waals surface area contributed by atoms with Gasteiger partial charge in [-0.15, -0.1) is 0 Å². The van der Waals surface area contributed by atoms with Gasteiger partial charge in [0.15, 0.2) is 16.7 Å². The number of carbonyl (C=O) groups excluding carboxylic acids is 1. The topological polar surface area (TPSA) is 93.3 Å². The number of amides is 1. The average Bonchev–Trinajstić information content (AvgIpc) is 2.78. The van der Waals surface area contributed by atoms with Gasteiger partial charge in [-0.2, -0.15) is 0 Å².